The highest BCUT2D eigenvalue weighted by molar-refractivity contribution is 6.08. The van der Waals surface area contributed by atoms with Crippen molar-refractivity contribution in [1.82, 2.24) is 0 Å². The minimum atomic E-state index is -0.386. The summed E-state index contributed by atoms with van der Waals surface area (Å²) in [6.07, 6.45) is 0.399. The Morgan fingerprint density at radius 1 is 0.773 bits per heavy atom. The van der Waals surface area contributed by atoms with Crippen molar-refractivity contribution in [2.24, 2.45) is 0 Å². The van der Waals surface area contributed by atoms with Crippen LogP contribution in [0.1, 0.15) is 40.9 Å². The maximum atomic E-state index is 12.4. The molecule has 2 aromatic rings. The van der Waals surface area contributed by atoms with E-state index >= 15 is 0 Å². The molecular formula is C19H22O3. The van der Waals surface area contributed by atoms with E-state index in [1.54, 1.807) is 38.1 Å². The van der Waals surface area contributed by atoms with Crippen LogP contribution in [0.4, 0.5) is 0 Å². The Hall–Kier alpha value is -1.97. The summed E-state index contributed by atoms with van der Waals surface area (Å²) < 4.78 is 0. The monoisotopic (exact) mass is 298 g/mol. The van der Waals surface area contributed by atoms with Gasteiger partial charge in [-0.25, -0.2) is 0 Å². The smallest absolute Gasteiger partial charge is 0.193 e. The average Bonchev–Trinajstić information content (AvgIpc) is 2.47. The van der Waals surface area contributed by atoms with Crippen LogP contribution < -0.4 is 0 Å². The van der Waals surface area contributed by atoms with E-state index in [0.29, 0.717) is 24.0 Å². The molecule has 3 nitrogen and oxygen atoms in total. The van der Waals surface area contributed by atoms with Crippen molar-refractivity contribution in [2.75, 3.05) is 0 Å². The molecule has 3 heteroatoms. The second-order valence-corrected chi connectivity index (χ2v) is 5.83. The number of ketones is 1. The predicted molar refractivity (Wildman–Crippen MR) is 87.1 cm³/mol. The van der Waals surface area contributed by atoms with Crippen molar-refractivity contribution in [2.45, 2.75) is 38.9 Å². The molecule has 0 amide bonds. The van der Waals surface area contributed by atoms with Gasteiger partial charge in [0.1, 0.15) is 0 Å². The van der Waals surface area contributed by atoms with Crippen molar-refractivity contribution in [1.29, 1.82) is 0 Å². The predicted octanol–water partition coefficient (Wildman–Crippen LogP) is 2.76. The molecule has 0 spiro atoms. The van der Waals surface area contributed by atoms with Gasteiger partial charge < -0.3 is 10.2 Å². The van der Waals surface area contributed by atoms with E-state index < -0.39 is 0 Å². The molecule has 0 saturated heterocycles. The number of hydrogen-bond donors (Lipinski definition) is 2. The van der Waals surface area contributed by atoms with Crippen LogP contribution in [0.2, 0.25) is 0 Å². The fourth-order valence-corrected chi connectivity index (χ4v) is 2.43. The molecule has 0 saturated carbocycles. The topological polar surface area (TPSA) is 57.5 Å². The molecule has 0 radical (unpaired) electrons. The lowest BCUT2D eigenvalue weighted by atomic mass is 9.99. The van der Waals surface area contributed by atoms with Gasteiger partial charge in [-0.2, -0.15) is 0 Å². The number of carbonyl (C=O) groups excluding carboxylic acids is 1. The third kappa shape index (κ3) is 4.52. The van der Waals surface area contributed by atoms with Gasteiger partial charge in [-0.1, -0.05) is 48.5 Å². The Bertz CT molecular complexity index is 555. The lowest BCUT2D eigenvalue weighted by Crippen LogP contribution is -2.06. The van der Waals surface area contributed by atoms with Gasteiger partial charge in [-0.05, 0) is 37.8 Å². The maximum Gasteiger partial charge on any atom is 0.193 e. The number of aliphatic hydroxyl groups is 2. The largest absolute Gasteiger partial charge is 0.393 e. The van der Waals surface area contributed by atoms with Gasteiger partial charge in [0.05, 0.1) is 12.2 Å². The standard InChI is InChI=1S/C19H22O3/c1-13(20)11-15-3-7-17(8-4-15)19(22)18-9-5-16(6-10-18)12-14(2)21/h3-10,13-14,20-21H,11-12H2,1-2H3. The number of rotatable bonds is 6. The molecule has 0 heterocycles. The first-order valence-corrected chi connectivity index (χ1v) is 7.54. The fraction of sp³-hybridized carbons (Fsp3) is 0.316. The normalized spacial score (nSPS) is 13.6. The molecule has 2 atom stereocenters. The Morgan fingerprint density at radius 3 is 1.36 bits per heavy atom. The summed E-state index contributed by atoms with van der Waals surface area (Å²) in [5.41, 5.74) is 3.30. The van der Waals surface area contributed by atoms with E-state index in [0.717, 1.165) is 11.1 Å². The summed E-state index contributed by atoms with van der Waals surface area (Å²) in [5, 5.41) is 18.7. The van der Waals surface area contributed by atoms with Crippen LogP contribution in [0, 0.1) is 0 Å². The van der Waals surface area contributed by atoms with Gasteiger partial charge in [0.15, 0.2) is 5.78 Å². The molecule has 22 heavy (non-hydrogen) atoms. The third-order valence-electron chi connectivity index (χ3n) is 3.49. The van der Waals surface area contributed by atoms with Crippen LogP contribution >= 0.6 is 0 Å². The first-order chi connectivity index (χ1) is 10.5. The first-order valence-electron chi connectivity index (χ1n) is 7.54. The zero-order valence-corrected chi connectivity index (χ0v) is 13.0. The summed E-state index contributed by atoms with van der Waals surface area (Å²) in [6.45, 7) is 3.49. The minimum Gasteiger partial charge on any atom is -0.393 e. The summed E-state index contributed by atoms with van der Waals surface area (Å²) in [6, 6.07) is 14.7. The molecule has 2 N–H and O–H groups in total. The van der Waals surface area contributed by atoms with Gasteiger partial charge in [-0.3, -0.25) is 4.79 Å². The highest BCUT2D eigenvalue weighted by Crippen LogP contribution is 2.14. The molecule has 0 aliphatic heterocycles. The molecule has 2 rings (SSSR count). The number of hydrogen-bond acceptors (Lipinski definition) is 3. The fourth-order valence-electron chi connectivity index (χ4n) is 2.43. The molecular weight excluding hydrogens is 276 g/mol. The number of aliphatic hydroxyl groups excluding tert-OH is 2. The molecule has 0 aromatic heterocycles. The van der Waals surface area contributed by atoms with Crippen LogP contribution in [0.5, 0.6) is 0 Å². The molecule has 0 aliphatic rings. The van der Waals surface area contributed by atoms with Crippen molar-refractivity contribution in [3.8, 4) is 0 Å². The third-order valence-corrected chi connectivity index (χ3v) is 3.49. The van der Waals surface area contributed by atoms with Crippen LogP contribution in [0.25, 0.3) is 0 Å². The van der Waals surface area contributed by atoms with Gasteiger partial charge in [-0.15, -0.1) is 0 Å². The SMILES string of the molecule is CC(O)Cc1ccc(C(=O)c2ccc(CC(C)O)cc2)cc1. The highest BCUT2D eigenvalue weighted by Gasteiger charge is 2.10. The molecule has 116 valence electrons. The maximum absolute atomic E-state index is 12.4. The van der Waals surface area contributed by atoms with E-state index in [1.165, 1.54) is 0 Å². The summed E-state index contributed by atoms with van der Waals surface area (Å²) >= 11 is 0. The van der Waals surface area contributed by atoms with E-state index in [-0.39, 0.29) is 18.0 Å². The molecule has 0 bridgehead atoms. The lowest BCUT2D eigenvalue weighted by Gasteiger charge is -2.07. The zero-order chi connectivity index (χ0) is 16.1. The van der Waals surface area contributed by atoms with Crippen molar-refractivity contribution in [3.05, 3.63) is 70.8 Å². The summed E-state index contributed by atoms with van der Waals surface area (Å²) in [4.78, 5) is 12.4. The van der Waals surface area contributed by atoms with E-state index in [2.05, 4.69) is 0 Å². The quantitative estimate of drug-likeness (QED) is 0.806. The Balaban J connectivity index is 2.10. The second-order valence-electron chi connectivity index (χ2n) is 5.83. The summed E-state index contributed by atoms with van der Waals surface area (Å²) in [5.74, 6) is -0.0211. The van der Waals surface area contributed by atoms with Gasteiger partial charge >= 0.3 is 0 Å². The van der Waals surface area contributed by atoms with Gasteiger partial charge in [0, 0.05) is 11.1 Å². The van der Waals surface area contributed by atoms with Gasteiger partial charge in [0.2, 0.25) is 0 Å². The first kappa shape index (κ1) is 16.4. The molecule has 0 aliphatic carbocycles. The van der Waals surface area contributed by atoms with Gasteiger partial charge in [0.25, 0.3) is 0 Å². The number of carbonyl (C=O) groups is 1. The van der Waals surface area contributed by atoms with Crippen LogP contribution in [0.15, 0.2) is 48.5 Å². The van der Waals surface area contributed by atoms with Crippen LogP contribution in [-0.2, 0) is 12.8 Å². The average molecular weight is 298 g/mol. The molecule has 0 fully saturated rings. The van der Waals surface area contributed by atoms with Crippen molar-refractivity contribution in [3.63, 3.8) is 0 Å². The van der Waals surface area contributed by atoms with E-state index in [4.69, 9.17) is 0 Å². The van der Waals surface area contributed by atoms with Crippen molar-refractivity contribution >= 4 is 5.78 Å². The van der Waals surface area contributed by atoms with Crippen molar-refractivity contribution < 1.29 is 15.0 Å². The van der Waals surface area contributed by atoms with Crippen LogP contribution in [0.3, 0.4) is 0 Å². The zero-order valence-electron chi connectivity index (χ0n) is 13.0. The van der Waals surface area contributed by atoms with E-state index in [1.807, 2.05) is 24.3 Å². The minimum absolute atomic E-state index is 0.0211. The highest BCUT2D eigenvalue weighted by atomic mass is 16.3. The van der Waals surface area contributed by atoms with E-state index in [9.17, 15) is 15.0 Å². The molecule has 2 aromatic carbocycles. The Morgan fingerprint density at radius 2 is 1.09 bits per heavy atom. The summed E-state index contributed by atoms with van der Waals surface area (Å²) in [7, 11) is 0. The Labute approximate surface area is 131 Å². The number of benzene rings is 2. The lowest BCUT2D eigenvalue weighted by molar-refractivity contribution is 0.103. The second kappa shape index (κ2) is 7.34. The molecule has 2 unspecified atom stereocenters. The Kier molecular flexibility index (Phi) is 5.47. The van der Waals surface area contributed by atoms with Crippen LogP contribution in [-0.4, -0.2) is 28.2 Å².